The van der Waals surface area contributed by atoms with Crippen molar-refractivity contribution in [2.45, 2.75) is 37.7 Å². The lowest BCUT2D eigenvalue weighted by atomic mass is 10.2. The zero-order chi connectivity index (χ0) is 14.8. The molecule has 0 saturated carbocycles. The molecule has 1 aromatic carbocycles. The number of sulfonamides is 1. The molecule has 1 heterocycles. The van der Waals surface area contributed by atoms with Gasteiger partial charge in [-0.3, -0.25) is 0 Å². The molecule has 5 nitrogen and oxygen atoms in total. The van der Waals surface area contributed by atoms with E-state index in [9.17, 15) is 13.5 Å². The summed E-state index contributed by atoms with van der Waals surface area (Å²) in [6.45, 7) is 5.45. The number of nitrogens with one attached hydrogen (secondary N) is 1. The molecule has 112 valence electrons. The van der Waals surface area contributed by atoms with Crippen molar-refractivity contribution < 1.29 is 13.5 Å². The maximum Gasteiger partial charge on any atom is 0.240 e. The molecule has 1 aliphatic rings. The number of hydrogen-bond acceptors (Lipinski definition) is 4. The fourth-order valence-corrected chi connectivity index (χ4v) is 3.50. The Morgan fingerprint density at radius 1 is 1.40 bits per heavy atom. The van der Waals surface area contributed by atoms with E-state index in [1.54, 1.807) is 19.1 Å². The fourth-order valence-electron chi connectivity index (χ4n) is 2.44. The molecule has 0 aromatic heterocycles. The van der Waals surface area contributed by atoms with E-state index in [-0.39, 0.29) is 11.0 Å². The van der Waals surface area contributed by atoms with Crippen LogP contribution in [0.3, 0.4) is 0 Å². The number of fused-ring (bicyclic) bond motifs is 1. The third-order valence-corrected chi connectivity index (χ3v) is 5.14. The standard InChI is InChI=1S/C14H22N2O3S/c1-3-12(17)10-16-8-7-11-5-6-13(9-14(11)16)20(18,19)15-4-2/h5-6,9,12,15,17H,3-4,7-8,10H2,1-2H3/t12-/m1/s1. The van der Waals surface area contributed by atoms with E-state index in [2.05, 4.69) is 9.62 Å². The van der Waals surface area contributed by atoms with Crippen LogP contribution in [0.25, 0.3) is 0 Å². The van der Waals surface area contributed by atoms with Crippen LogP contribution in [0.5, 0.6) is 0 Å². The second kappa shape index (κ2) is 6.11. The third kappa shape index (κ3) is 3.13. The van der Waals surface area contributed by atoms with E-state index in [1.165, 1.54) is 0 Å². The normalized spacial score (nSPS) is 16.2. The predicted octanol–water partition coefficient (Wildman–Crippen LogP) is 1.12. The van der Waals surface area contributed by atoms with Crippen molar-refractivity contribution in [2.24, 2.45) is 0 Å². The molecule has 0 spiro atoms. The minimum absolute atomic E-state index is 0.288. The highest BCUT2D eigenvalue weighted by atomic mass is 32.2. The summed E-state index contributed by atoms with van der Waals surface area (Å²) in [5, 5.41) is 9.79. The van der Waals surface area contributed by atoms with E-state index in [4.69, 9.17) is 0 Å². The summed E-state index contributed by atoms with van der Waals surface area (Å²) >= 11 is 0. The minimum atomic E-state index is -3.43. The molecule has 0 unspecified atom stereocenters. The van der Waals surface area contributed by atoms with Gasteiger partial charge in [-0.05, 0) is 30.5 Å². The average molecular weight is 298 g/mol. The summed E-state index contributed by atoms with van der Waals surface area (Å²) in [4.78, 5) is 2.35. The van der Waals surface area contributed by atoms with Crippen LogP contribution in [-0.4, -0.2) is 39.3 Å². The highest BCUT2D eigenvalue weighted by molar-refractivity contribution is 7.89. The largest absolute Gasteiger partial charge is 0.391 e. The molecule has 1 aliphatic heterocycles. The van der Waals surface area contributed by atoms with Gasteiger partial charge in [0.05, 0.1) is 11.0 Å². The number of nitrogens with zero attached hydrogens (tertiary/aromatic N) is 1. The summed E-state index contributed by atoms with van der Waals surface area (Å²) in [7, 11) is -3.43. The van der Waals surface area contributed by atoms with Gasteiger partial charge in [-0.1, -0.05) is 19.9 Å². The van der Waals surface area contributed by atoms with Crippen molar-refractivity contribution in [1.29, 1.82) is 0 Å². The number of benzene rings is 1. The Hall–Kier alpha value is -1.11. The Labute approximate surface area is 120 Å². The second-order valence-electron chi connectivity index (χ2n) is 5.05. The molecule has 0 radical (unpaired) electrons. The Morgan fingerprint density at radius 3 is 2.80 bits per heavy atom. The SMILES string of the molecule is CCNS(=O)(=O)c1ccc2c(c1)N(C[C@H](O)CC)CC2. The van der Waals surface area contributed by atoms with Crippen LogP contribution in [0.4, 0.5) is 5.69 Å². The molecule has 0 amide bonds. The Kier molecular flexibility index (Phi) is 4.67. The highest BCUT2D eigenvalue weighted by Gasteiger charge is 2.23. The molecule has 0 fully saturated rings. The first kappa shape index (κ1) is 15.3. The van der Waals surface area contributed by atoms with Crippen LogP contribution < -0.4 is 9.62 Å². The van der Waals surface area contributed by atoms with Crippen LogP contribution >= 0.6 is 0 Å². The smallest absolute Gasteiger partial charge is 0.240 e. The van der Waals surface area contributed by atoms with Crippen molar-refractivity contribution in [3.63, 3.8) is 0 Å². The van der Waals surface area contributed by atoms with Crippen molar-refractivity contribution >= 4 is 15.7 Å². The predicted molar refractivity (Wildman–Crippen MR) is 79.5 cm³/mol. The monoisotopic (exact) mass is 298 g/mol. The number of hydrogen-bond donors (Lipinski definition) is 2. The molecule has 1 aromatic rings. The molecule has 0 saturated heterocycles. The van der Waals surface area contributed by atoms with Gasteiger partial charge in [0.1, 0.15) is 0 Å². The van der Waals surface area contributed by atoms with E-state index in [0.29, 0.717) is 19.5 Å². The van der Waals surface area contributed by atoms with Crippen LogP contribution in [0, 0.1) is 0 Å². The van der Waals surface area contributed by atoms with Gasteiger partial charge < -0.3 is 10.0 Å². The van der Waals surface area contributed by atoms with Crippen LogP contribution in [0.1, 0.15) is 25.8 Å². The third-order valence-electron chi connectivity index (χ3n) is 3.60. The summed E-state index contributed by atoms with van der Waals surface area (Å²) < 4.78 is 26.6. The first-order valence-electron chi connectivity index (χ1n) is 7.03. The molecule has 6 heteroatoms. The quantitative estimate of drug-likeness (QED) is 0.826. The van der Waals surface area contributed by atoms with Crippen molar-refractivity contribution in [1.82, 2.24) is 4.72 Å². The number of rotatable bonds is 6. The molecule has 2 rings (SSSR count). The van der Waals surface area contributed by atoms with Crippen molar-refractivity contribution in [3.8, 4) is 0 Å². The van der Waals surface area contributed by atoms with Gasteiger partial charge >= 0.3 is 0 Å². The summed E-state index contributed by atoms with van der Waals surface area (Å²) in [5.41, 5.74) is 2.07. The maximum atomic E-state index is 12.0. The Bertz CT molecular complexity index is 572. The topological polar surface area (TPSA) is 69.6 Å². The lowest BCUT2D eigenvalue weighted by Gasteiger charge is -2.22. The van der Waals surface area contributed by atoms with Gasteiger partial charge in [0.15, 0.2) is 0 Å². The number of β-amino-alcohol motifs (C(OH)–C–C–N with tert-alkyl or cyclic N) is 1. The molecule has 0 bridgehead atoms. The zero-order valence-electron chi connectivity index (χ0n) is 12.0. The molecule has 1 atom stereocenters. The van der Waals surface area contributed by atoms with E-state index >= 15 is 0 Å². The van der Waals surface area contributed by atoms with Crippen molar-refractivity contribution in [2.75, 3.05) is 24.5 Å². The van der Waals surface area contributed by atoms with E-state index in [0.717, 1.165) is 24.2 Å². The van der Waals surface area contributed by atoms with E-state index in [1.807, 2.05) is 13.0 Å². The lowest BCUT2D eigenvalue weighted by molar-refractivity contribution is 0.176. The molecular formula is C14H22N2O3S. The van der Waals surface area contributed by atoms with Crippen LogP contribution in [-0.2, 0) is 16.4 Å². The second-order valence-corrected chi connectivity index (χ2v) is 6.82. The van der Waals surface area contributed by atoms with E-state index < -0.39 is 10.0 Å². The molecule has 2 N–H and O–H groups in total. The van der Waals surface area contributed by atoms with Gasteiger partial charge in [-0.25, -0.2) is 13.1 Å². The summed E-state index contributed by atoms with van der Waals surface area (Å²) in [6.07, 6.45) is 1.21. The lowest BCUT2D eigenvalue weighted by Crippen LogP contribution is -2.30. The summed E-state index contributed by atoms with van der Waals surface area (Å²) in [5.74, 6) is 0. The Balaban J connectivity index is 2.28. The summed E-state index contributed by atoms with van der Waals surface area (Å²) in [6, 6.07) is 5.23. The fraction of sp³-hybridized carbons (Fsp3) is 0.571. The van der Waals surface area contributed by atoms with Crippen molar-refractivity contribution in [3.05, 3.63) is 23.8 Å². The molecule has 20 heavy (non-hydrogen) atoms. The zero-order valence-corrected chi connectivity index (χ0v) is 12.8. The Morgan fingerprint density at radius 2 is 2.15 bits per heavy atom. The number of aliphatic hydroxyl groups is 1. The van der Waals surface area contributed by atoms with Gasteiger partial charge in [0.25, 0.3) is 0 Å². The van der Waals surface area contributed by atoms with Gasteiger partial charge in [-0.15, -0.1) is 0 Å². The van der Waals surface area contributed by atoms with Crippen LogP contribution in [0.15, 0.2) is 23.1 Å². The molecule has 0 aliphatic carbocycles. The van der Waals surface area contributed by atoms with Gasteiger partial charge in [0, 0.05) is 25.3 Å². The number of aliphatic hydroxyl groups excluding tert-OH is 1. The van der Waals surface area contributed by atoms with Gasteiger partial charge in [0.2, 0.25) is 10.0 Å². The maximum absolute atomic E-state index is 12.0. The first-order valence-corrected chi connectivity index (χ1v) is 8.51. The minimum Gasteiger partial charge on any atom is -0.391 e. The van der Waals surface area contributed by atoms with Crippen LogP contribution in [0.2, 0.25) is 0 Å². The highest BCUT2D eigenvalue weighted by Crippen LogP contribution is 2.30. The molecular weight excluding hydrogens is 276 g/mol. The first-order chi connectivity index (χ1) is 9.47. The average Bonchev–Trinajstić information content (AvgIpc) is 2.81. The van der Waals surface area contributed by atoms with Gasteiger partial charge in [-0.2, -0.15) is 0 Å². The number of anilines is 1.